The van der Waals surface area contributed by atoms with E-state index >= 15 is 0 Å². The molecule has 0 bridgehead atoms. The molecule has 0 fully saturated rings. The van der Waals surface area contributed by atoms with Crippen molar-refractivity contribution in [3.05, 3.63) is 16.6 Å². The number of hydrogen-bond donors (Lipinski definition) is 0. The van der Waals surface area contributed by atoms with Gasteiger partial charge in [0.1, 0.15) is 0 Å². The Morgan fingerprint density at radius 2 is 2.00 bits per heavy atom. The van der Waals surface area contributed by atoms with Crippen LogP contribution in [-0.2, 0) is 5.41 Å². The van der Waals surface area contributed by atoms with E-state index in [4.69, 9.17) is 0 Å². The van der Waals surface area contributed by atoms with Crippen molar-refractivity contribution in [3.8, 4) is 0 Å². The van der Waals surface area contributed by atoms with Crippen LogP contribution in [-0.4, -0.2) is 15.2 Å². The normalized spacial score (nSPS) is 11.6. The van der Waals surface area contributed by atoms with Crippen LogP contribution in [0.1, 0.15) is 26.5 Å². The summed E-state index contributed by atoms with van der Waals surface area (Å²) in [6.07, 6.45) is 1.69. The molecule has 0 saturated carbocycles. The maximum atomic E-state index is 4.19. The Hall–Kier alpha value is -0.510. The van der Waals surface area contributed by atoms with Crippen molar-refractivity contribution < 1.29 is 0 Å². The van der Waals surface area contributed by atoms with E-state index in [9.17, 15) is 0 Å². The molecule has 60 valence electrons. The van der Waals surface area contributed by atoms with Gasteiger partial charge in [-0.25, -0.2) is 4.98 Å². The van der Waals surface area contributed by atoms with Crippen molar-refractivity contribution in [2.45, 2.75) is 26.2 Å². The minimum Gasteiger partial charge on any atom is -0.224 e. The van der Waals surface area contributed by atoms with Gasteiger partial charge in [0.15, 0.2) is 0 Å². The summed E-state index contributed by atoms with van der Waals surface area (Å²) in [5, 5.41) is 7.50. The second-order valence-corrected chi connectivity index (χ2v) is 4.07. The molecule has 0 atom stereocenters. The summed E-state index contributed by atoms with van der Waals surface area (Å²) >= 11 is 3.17. The quantitative estimate of drug-likeness (QED) is 0.665. The molecule has 4 heteroatoms. The Morgan fingerprint density at radius 3 is 2.36 bits per heavy atom. The maximum Gasteiger partial charge on any atom is 0.218 e. The second kappa shape index (κ2) is 2.85. The Kier molecular flexibility index (Phi) is 2.23. The van der Waals surface area contributed by atoms with Crippen molar-refractivity contribution in [2.75, 3.05) is 0 Å². The summed E-state index contributed by atoms with van der Waals surface area (Å²) in [7, 11) is 0. The van der Waals surface area contributed by atoms with Gasteiger partial charge in [0.05, 0.1) is 11.9 Å². The predicted octanol–water partition coefficient (Wildman–Crippen LogP) is 1.93. The van der Waals surface area contributed by atoms with Crippen LogP contribution in [0.2, 0.25) is 0 Å². The zero-order valence-corrected chi connectivity index (χ0v) is 8.38. The molecule has 11 heavy (non-hydrogen) atoms. The van der Waals surface area contributed by atoms with Gasteiger partial charge in [-0.05, 0) is 15.9 Å². The second-order valence-electron chi connectivity index (χ2n) is 3.36. The summed E-state index contributed by atoms with van der Waals surface area (Å²) in [5.74, 6) is 0. The van der Waals surface area contributed by atoms with E-state index in [0.717, 1.165) is 5.69 Å². The molecule has 0 aliphatic carbocycles. The lowest BCUT2D eigenvalue weighted by Crippen LogP contribution is -2.14. The van der Waals surface area contributed by atoms with Crippen molar-refractivity contribution in [3.63, 3.8) is 0 Å². The first-order valence-electron chi connectivity index (χ1n) is 3.36. The summed E-state index contributed by atoms with van der Waals surface area (Å²) in [5.41, 5.74) is 0.984. The molecular formula is C7H10BrN3. The molecule has 0 saturated heterocycles. The lowest BCUT2D eigenvalue weighted by molar-refractivity contribution is 0.557. The molecule has 0 aliphatic rings. The van der Waals surface area contributed by atoms with Crippen molar-refractivity contribution in [1.82, 2.24) is 15.2 Å². The molecule has 0 spiro atoms. The number of halogens is 1. The largest absolute Gasteiger partial charge is 0.224 e. The molecule has 3 nitrogen and oxygen atoms in total. The predicted molar refractivity (Wildman–Crippen MR) is 46.2 cm³/mol. The van der Waals surface area contributed by atoms with Crippen LogP contribution in [0, 0.1) is 0 Å². The first kappa shape index (κ1) is 8.59. The number of rotatable bonds is 0. The summed E-state index contributed by atoms with van der Waals surface area (Å²) < 4.78 is 0.546. The fraction of sp³-hybridized carbons (Fsp3) is 0.571. The van der Waals surface area contributed by atoms with Crippen LogP contribution in [0.25, 0.3) is 0 Å². The van der Waals surface area contributed by atoms with Crippen LogP contribution >= 0.6 is 15.9 Å². The van der Waals surface area contributed by atoms with Crippen molar-refractivity contribution in [2.24, 2.45) is 0 Å². The molecular weight excluding hydrogens is 206 g/mol. The van der Waals surface area contributed by atoms with Gasteiger partial charge < -0.3 is 0 Å². The minimum atomic E-state index is 0.0401. The van der Waals surface area contributed by atoms with Gasteiger partial charge in [0.25, 0.3) is 0 Å². The highest BCUT2D eigenvalue weighted by Crippen LogP contribution is 2.19. The molecule has 1 rings (SSSR count). The van der Waals surface area contributed by atoms with Crippen LogP contribution < -0.4 is 0 Å². The molecule has 0 aromatic carbocycles. The molecule has 0 unspecified atom stereocenters. The topological polar surface area (TPSA) is 38.7 Å². The lowest BCUT2D eigenvalue weighted by Gasteiger charge is -2.15. The number of nitrogens with zero attached hydrogens (tertiary/aromatic N) is 3. The highest BCUT2D eigenvalue weighted by molar-refractivity contribution is 9.10. The van der Waals surface area contributed by atoms with Gasteiger partial charge in [-0.15, -0.1) is 5.10 Å². The number of hydrogen-bond acceptors (Lipinski definition) is 3. The van der Waals surface area contributed by atoms with Crippen molar-refractivity contribution >= 4 is 15.9 Å². The molecule has 0 radical (unpaired) electrons. The van der Waals surface area contributed by atoms with Crippen LogP contribution in [0.15, 0.2) is 10.9 Å². The zero-order valence-electron chi connectivity index (χ0n) is 6.80. The first-order valence-corrected chi connectivity index (χ1v) is 4.15. The van der Waals surface area contributed by atoms with Crippen molar-refractivity contribution in [1.29, 1.82) is 0 Å². The Morgan fingerprint density at radius 1 is 1.36 bits per heavy atom. The van der Waals surface area contributed by atoms with E-state index in [2.05, 4.69) is 51.9 Å². The SMILES string of the molecule is CC(C)(C)c1cnnc(Br)n1. The standard InChI is InChI=1S/C7H10BrN3/c1-7(2,3)5-4-9-11-6(8)10-5/h4H,1-3H3. The van der Waals surface area contributed by atoms with E-state index in [0.29, 0.717) is 4.73 Å². The highest BCUT2D eigenvalue weighted by Gasteiger charge is 2.15. The van der Waals surface area contributed by atoms with Gasteiger partial charge in [-0.1, -0.05) is 20.8 Å². The zero-order chi connectivity index (χ0) is 8.48. The molecule has 0 amide bonds. The average molecular weight is 216 g/mol. The van der Waals surface area contributed by atoms with Gasteiger partial charge in [0, 0.05) is 5.41 Å². The smallest absolute Gasteiger partial charge is 0.218 e. The van der Waals surface area contributed by atoms with E-state index in [1.165, 1.54) is 0 Å². The fourth-order valence-corrected chi connectivity index (χ4v) is 0.926. The summed E-state index contributed by atoms with van der Waals surface area (Å²) in [6, 6.07) is 0. The van der Waals surface area contributed by atoms with Gasteiger partial charge >= 0.3 is 0 Å². The van der Waals surface area contributed by atoms with Gasteiger partial charge in [0.2, 0.25) is 4.73 Å². The lowest BCUT2D eigenvalue weighted by atomic mass is 9.93. The van der Waals surface area contributed by atoms with E-state index in [-0.39, 0.29) is 5.41 Å². The first-order chi connectivity index (χ1) is 5.00. The minimum absolute atomic E-state index is 0.0401. The summed E-state index contributed by atoms with van der Waals surface area (Å²) in [6.45, 7) is 6.26. The Labute approximate surface area is 74.4 Å². The van der Waals surface area contributed by atoms with Crippen LogP contribution in [0.4, 0.5) is 0 Å². The van der Waals surface area contributed by atoms with Crippen LogP contribution in [0.5, 0.6) is 0 Å². The van der Waals surface area contributed by atoms with Gasteiger partial charge in [-0.3, -0.25) is 0 Å². The molecule has 0 aliphatic heterocycles. The average Bonchev–Trinajstić information content (AvgIpc) is 1.86. The molecule has 1 heterocycles. The number of aromatic nitrogens is 3. The molecule has 1 aromatic heterocycles. The molecule has 1 aromatic rings. The van der Waals surface area contributed by atoms with E-state index < -0.39 is 0 Å². The van der Waals surface area contributed by atoms with E-state index in [1.54, 1.807) is 6.20 Å². The monoisotopic (exact) mass is 215 g/mol. The Balaban J connectivity index is 3.06. The maximum absolute atomic E-state index is 4.19. The summed E-state index contributed by atoms with van der Waals surface area (Å²) in [4.78, 5) is 4.19. The highest BCUT2D eigenvalue weighted by atomic mass is 79.9. The Bertz CT molecular complexity index is 254. The van der Waals surface area contributed by atoms with E-state index in [1.807, 2.05) is 0 Å². The molecule has 0 N–H and O–H groups in total. The third-order valence-electron chi connectivity index (χ3n) is 1.30. The van der Waals surface area contributed by atoms with Gasteiger partial charge in [-0.2, -0.15) is 5.10 Å². The van der Waals surface area contributed by atoms with Crippen LogP contribution in [0.3, 0.4) is 0 Å². The third kappa shape index (κ3) is 2.22. The third-order valence-corrected chi connectivity index (χ3v) is 1.64. The fourth-order valence-electron chi connectivity index (χ4n) is 0.643.